The minimum absolute atomic E-state index is 0. The normalized spacial score (nSPS) is 9.47. The number of imidazole rings is 2. The van der Waals surface area contributed by atoms with Gasteiger partial charge in [0.1, 0.15) is 17.5 Å². The van der Waals surface area contributed by atoms with Crippen molar-refractivity contribution in [3.05, 3.63) is 270 Å². The second kappa shape index (κ2) is 38.5. The molecule has 0 fully saturated rings. The number of fused-ring (bicyclic) bond motifs is 1. The first-order valence-electron chi connectivity index (χ1n) is 23.6. The van der Waals surface area contributed by atoms with Crippen LogP contribution in [0, 0.1) is 61.2 Å². The van der Waals surface area contributed by atoms with E-state index in [4.69, 9.17) is 0 Å². The summed E-state index contributed by atoms with van der Waals surface area (Å²) in [5, 5.41) is 0. The van der Waals surface area contributed by atoms with Gasteiger partial charge >= 0.3 is 6.18 Å². The van der Waals surface area contributed by atoms with Crippen molar-refractivity contribution < 1.29 is 17.6 Å². The van der Waals surface area contributed by atoms with Crippen molar-refractivity contribution in [2.45, 2.75) is 95.3 Å². The predicted molar refractivity (Wildman–Crippen MR) is 297 cm³/mol. The Kier molecular flexibility index (Phi) is 33.2. The van der Waals surface area contributed by atoms with Crippen LogP contribution in [0.4, 0.5) is 17.6 Å². The van der Waals surface area contributed by atoms with Gasteiger partial charge in [-0.1, -0.05) is 122 Å². The monoisotopic (exact) mass is 1010 g/mol. The van der Waals surface area contributed by atoms with Gasteiger partial charge in [-0.2, -0.15) is 13.2 Å². The molecule has 0 spiro atoms. The molecule has 390 valence electrons. The van der Waals surface area contributed by atoms with E-state index in [1.807, 2.05) is 151 Å². The molecule has 9 nitrogen and oxygen atoms in total. The molecule has 0 saturated carbocycles. The lowest BCUT2D eigenvalue weighted by Crippen LogP contribution is -2.04. The van der Waals surface area contributed by atoms with E-state index in [0.29, 0.717) is 5.56 Å². The third kappa shape index (κ3) is 32.6. The van der Waals surface area contributed by atoms with E-state index < -0.39 is 11.7 Å². The number of pyridine rings is 3. The summed E-state index contributed by atoms with van der Waals surface area (Å²) in [6.07, 6.45) is 16.4. The Morgan fingerprint density at radius 3 is 1.51 bits per heavy atom. The maximum absolute atomic E-state index is 12.1. The molecule has 4 aromatic carbocycles. The number of para-hydroxylation sites is 2. The fraction of sp³-hybridized carbons (Fsp3) is 0.230. The summed E-state index contributed by atoms with van der Waals surface area (Å²) in [6.45, 7) is 18.8. The van der Waals surface area contributed by atoms with Gasteiger partial charge in [-0.3, -0.25) is 15.0 Å². The van der Waals surface area contributed by atoms with Crippen LogP contribution >= 0.6 is 0 Å². The van der Waals surface area contributed by atoms with Crippen LogP contribution in [0.1, 0.15) is 77.9 Å². The summed E-state index contributed by atoms with van der Waals surface area (Å²) in [5.41, 5.74) is 8.14. The molecule has 0 aliphatic rings. The Hall–Kier alpha value is -8.19. The second-order valence-corrected chi connectivity index (χ2v) is 16.1. The Bertz CT molecular complexity index is 2560. The third-order valence-electron chi connectivity index (χ3n) is 9.30. The van der Waals surface area contributed by atoms with Gasteiger partial charge in [-0.05, 0) is 140 Å². The van der Waals surface area contributed by atoms with Crippen molar-refractivity contribution in [2.24, 2.45) is 0 Å². The molecule has 0 saturated heterocycles. The molecule has 6 aromatic heterocycles. The van der Waals surface area contributed by atoms with E-state index in [1.165, 1.54) is 47.7 Å². The lowest BCUT2D eigenvalue weighted by molar-refractivity contribution is -0.137. The highest BCUT2D eigenvalue weighted by molar-refractivity contribution is 5.74. The first-order valence-corrected chi connectivity index (χ1v) is 23.6. The first kappa shape index (κ1) is 63.8. The van der Waals surface area contributed by atoms with E-state index in [-0.39, 0.29) is 13.2 Å². The Morgan fingerprint density at radius 1 is 0.514 bits per heavy atom. The van der Waals surface area contributed by atoms with Crippen molar-refractivity contribution in [3.63, 3.8) is 0 Å². The van der Waals surface area contributed by atoms with Gasteiger partial charge in [-0.25, -0.2) is 24.3 Å². The van der Waals surface area contributed by atoms with Crippen LogP contribution in [-0.2, 0) is 12.7 Å². The van der Waals surface area contributed by atoms with E-state index in [2.05, 4.69) is 70.4 Å². The number of hydrogen-bond acceptors (Lipinski definition) is 7. The third-order valence-corrected chi connectivity index (χ3v) is 9.30. The summed E-state index contributed by atoms with van der Waals surface area (Å²) >= 11 is 0. The predicted octanol–water partition coefficient (Wildman–Crippen LogP) is 16.3. The molecule has 10 aromatic rings. The number of aromatic nitrogens is 9. The summed E-state index contributed by atoms with van der Waals surface area (Å²) in [7, 11) is 0. The highest BCUT2D eigenvalue weighted by atomic mass is 19.4. The number of aryl methyl sites for hydroxylation is 9. The number of alkyl halides is 3. The number of benzene rings is 4. The zero-order chi connectivity index (χ0) is 53.5. The number of unbranched alkanes of at least 4 members (excludes halogenated alkanes) is 1. The molecule has 6 heterocycles. The maximum Gasteiger partial charge on any atom is 0.416 e. The zero-order valence-electron chi connectivity index (χ0n) is 43.4. The molecule has 0 radical (unpaired) electrons. The van der Waals surface area contributed by atoms with Gasteiger partial charge in [0.15, 0.2) is 0 Å². The molecule has 13 heteroatoms. The molecule has 0 aliphatic heterocycles. The van der Waals surface area contributed by atoms with Gasteiger partial charge in [0.05, 0.1) is 22.9 Å². The van der Waals surface area contributed by atoms with E-state index in [1.54, 1.807) is 68.4 Å². The molecule has 0 atom stereocenters. The average Bonchev–Trinajstić information content (AvgIpc) is 4.06. The fourth-order valence-corrected chi connectivity index (χ4v) is 5.43. The Labute approximate surface area is 437 Å². The summed E-state index contributed by atoms with van der Waals surface area (Å²) in [6, 6.07) is 45.4. The van der Waals surface area contributed by atoms with Crippen molar-refractivity contribution in [1.82, 2.24) is 44.4 Å². The van der Waals surface area contributed by atoms with Crippen LogP contribution in [0.3, 0.4) is 0 Å². The van der Waals surface area contributed by atoms with Gasteiger partial charge < -0.3 is 9.55 Å². The number of halogens is 4. The van der Waals surface area contributed by atoms with Gasteiger partial charge in [-0.15, -0.1) is 0 Å². The number of nitrogens with one attached hydrogen (secondary N) is 1. The topological polar surface area (TPSA) is 111 Å². The Morgan fingerprint density at radius 2 is 1.11 bits per heavy atom. The van der Waals surface area contributed by atoms with E-state index >= 15 is 0 Å². The number of H-pyrrole nitrogens is 1. The van der Waals surface area contributed by atoms with Crippen LogP contribution in [0.2, 0.25) is 0 Å². The zero-order valence-corrected chi connectivity index (χ0v) is 43.4. The van der Waals surface area contributed by atoms with Crippen molar-refractivity contribution in [1.29, 1.82) is 0 Å². The summed E-state index contributed by atoms with van der Waals surface area (Å²) in [5.74, 6) is 1.62. The SMILES string of the molecule is C.CCCCn1ccnc1.Cc1ccc(F)cc1.Cc1cccc(C(F)(F)F)c1.Cc1ccccc1.Cc1ccccn1.Cc1cccnc1.Cc1ccncc1.Cc1nc2ccccc2[nH]1.Cc1ncccn1. The smallest absolute Gasteiger partial charge is 0.342 e. The molecule has 0 aliphatic carbocycles. The maximum atomic E-state index is 12.1. The van der Waals surface area contributed by atoms with E-state index in [9.17, 15) is 17.6 Å². The minimum atomic E-state index is -4.22. The highest BCUT2D eigenvalue weighted by Gasteiger charge is 2.29. The molecule has 0 bridgehead atoms. The van der Waals surface area contributed by atoms with Gasteiger partial charge in [0.25, 0.3) is 0 Å². The molecular formula is C61H73F4N9. The van der Waals surface area contributed by atoms with Crippen LogP contribution in [0.5, 0.6) is 0 Å². The molecule has 0 unspecified atom stereocenters. The largest absolute Gasteiger partial charge is 0.416 e. The molecular weight excluding hydrogens is 935 g/mol. The first-order chi connectivity index (χ1) is 35.0. The Balaban J connectivity index is 0.000000418. The van der Waals surface area contributed by atoms with Crippen LogP contribution in [-0.4, -0.2) is 44.4 Å². The molecule has 0 amide bonds. The fourth-order valence-electron chi connectivity index (χ4n) is 5.43. The lowest BCUT2D eigenvalue weighted by atomic mass is 10.1. The van der Waals surface area contributed by atoms with Crippen LogP contribution < -0.4 is 0 Å². The number of hydrogen-bond donors (Lipinski definition) is 1. The standard InChI is InChI=1S/C8H7F3.C8H8N2.C7H7F.C7H12N2.C7H8.3C6H7N.C5H6N2.CH4/c1-6-3-2-4-7(5-6)8(9,10)11;1-6-9-7-4-2-3-5-8(7)10-6;1-6-2-4-7(8)5-3-6;1-2-3-5-9-6-4-8-7-9;1-7-5-3-2-4-6-7;1-6-2-4-7-5-3-6;1-6-3-2-4-7-5-6;1-6-4-2-3-5-7-6;1-5-6-3-2-4-7-5;/h2-5H,1H3;2-5H,1H3,(H,9,10);2-5H,1H3;4,6-7H,2-3,5H2,1H3;2-6H,1H3;3*2-5H,1H3;2-4H,1H3;1H4. The van der Waals surface area contributed by atoms with Crippen molar-refractivity contribution >= 4 is 11.0 Å². The van der Waals surface area contributed by atoms with Crippen LogP contribution in [0.25, 0.3) is 11.0 Å². The van der Waals surface area contributed by atoms with Crippen molar-refractivity contribution in [2.75, 3.05) is 0 Å². The van der Waals surface area contributed by atoms with Crippen molar-refractivity contribution in [3.8, 4) is 0 Å². The van der Waals surface area contributed by atoms with Gasteiger partial charge in [0.2, 0.25) is 0 Å². The molecule has 1 N–H and O–H groups in total. The number of rotatable bonds is 3. The molecule has 74 heavy (non-hydrogen) atoms. The van der Waals surface area contributed by atoms with Crippen LogP contribution in [0.15, 0.2) is 214 Å². The lowest BCUT2D eigenvalue weighted by Gasteiger charge is -2.05. The summed E-state index contributed by atoms with van der Waals surface area (Å²) in [4.78, 5) is 30.8. The summed E-state index contributed by atoms with van der Waals surface area (Å²) < 4.78 is 50.1. The highest BCUT2D eigenvalue weighted by Crippen LogP contribution is 2.29. The van der Waals surface area contributed by atoms with E-state index in [0.717, 1.165) is 52.6 Å². The molecule has 10 rings (SSSR count). The van der Waals surface area contributed by atoms with Gasteiger partial charge in [0, 0.05) is 68.0 Å². The average molecular weight is 1010 g/mol. The minimum Gasteiger partial charge on any atom is -0.342 e. The second-order valence-electron chi connectivity index (χ2n) is 16.1. The number of aromatic amines is 1. The quantitative estimate of drug-likeness (QED) is 0.176. The number of nitrogens with zero attached hydrogens (tertiary/aromatic N) is 8.